The monoisotopic (exact) mass is 260 g/mol. The molecule has 1 unspecified atom stereocenters. The van der Waals surface area contributed by atoms with Gasteiger partial charge in [0.1, 0.15) is 0 Å². The third-order valence-corrected chi connectivity index (χ3v) is 3.95. The van der Waals surface area contributed by atoms with Crippen LogP contribution in [0.4, 0.5) is 0 Å². The van der Waals surface area contributed by atoms with Gasteiger partial charge in [0.2, 0.25) is 0 Å². The fourth-order valence-electron chi connectivity index (χ4n) is 2.01. The fraction of sp³-hybridized carbons (Fsp3) is 0.400. The number of thiophene rings is 1. The molecule has 0 aromatic carbocycles. The van der Waals surface area contributed by atoms with E-state index in [2.05, 4.69) is 46.2 Å². The van der Waals surface area contributed by atoms with E-state index in [0.29, 0.717) is 6.04 Å². The highest BCUT2D eigenvalue weighted by molar-refractivity contribution is 7.07. The van der Waals surface area contributed by atoms with Crippen molar-refractivity contribution in [2.45, 2.75) is 32.2 Å². The lowest BCUT2D eigenvalue weighted by atomic mass is 10.0. The van der Waals surface area contributed by atoms with E-state index in [1.54, 1.807) is 11.3 Å². The van der Waals surface area contributed by atoms with Gasteiger partial charge in [0, 0.05) is 24.4 Å². The number of aromatic nitrogens is 1. The number of likely N-dealkylation sites (N-methyl/N-ethyl adjacent to an activating group) is 1. The zero-order valence-corrected chi connectivity index (χ0v) is 11.8. The van der Waals surface area contributed by atoms with E-state index in [4.69, 9.17) is 0 Å². The number of pyridine rings is 1. The van der Waals surface area contributed by atoms with E-state index in [0.717, 1.165) is 19.3 Å². The quantitative estimate of drug-likeness (QED) is 0.863. The Bertz CT molecular complexity index is 448. The molecule has 2 heterocycles. The summed E-state index contributed by atoms with van der Waals surface area (Å²) in [7, 11) is 2.03. The van der Waals surface area contributed by atoms with E-state index >= 15 is 0 Å². The summed E-state index contributed by atoms with van der Waals surface area (Å²) in [5, 5.41) is 7.74. The van der Waals surface area contributed by atoms with Crippen LogP contribution in [-0.2, 0) is 19.3 Å². The van der Waals surface area contributed by atoms with Crippen molar-refractivity contribution >= 4 is 11.3 Å². The second kappa shape index (κ2) is 6.66. The molecular weight excluding hydrogens is 240 g/mol. The van der Waals surface area contributed by atoms with E-state index < -0.39 is 0 Å². The van der Waals surface area contributed by atoms with E-state index in [-0.39, 0.29) is 0 Å². The molecule has 0 aliphatic rings. The topological polar surface area (TPSA) is 24.9 Å². The molecule has 0 radical (unpaired) electrons. The zero-order chi connectivity index (χ0) is 12.8. The van der Waals surface area contributed by atoms with Gasteiger partial charge < -0.3 is 5.32 Å². The van der Waals surface area contributed by atoms with Crippen LogP contribution in [-0.4, -0.2) is 18.1 Å². The summed E-state index contributed by atoms with van der Waals surface area (Å²) >= 11 is 1.76. The summed E-state index contributed by atoms with van der Waals surface area (Å²) in [6.07, 6.45) is 5.10. The van der Waals surface area contributed by atoms with Gasteiger partial charge in [0.15, 0.2) is 0 Å². The van der Waals surface area contributed by atoms with Crippen molar-refractivity contribution < 1.29 is 0 Å². The standard InChI is InChI=1S/C15H20N2S/c1-3-12-4-5-14(17-10-12)9-15(16-2)8-13-6-7-18-11-13/h4-7,10-11,15-16H,3,8-9H2,1-2H3. The van der Waals surface area contributed by atoms with Crippen molar-refractivity contribution in [1.82, 2.24) is 10.3 Å². The van der Waals surface area contributed by atoms with Gasteiger partial charge >= 0.3 is 0 Å². The van der Waals surface area contributed by atoms with Crippen LogP contribution in [0.25, 0.3) is 0 Å². The molecule has 0 saturated heterocycles. The van der Waals surface area contributed by atoms with Gasteiger partial charge in [-0.15, -0.1) is 0 Å². The van der Waals surface area contributed by atoms with Crippen LogP contribution in [0.1, 0.15) is 23.7 Å². The molecule has 96 valence electrons. The van der Waals surface area contributed by atoms with Gasteiger partial charge in [-0.25, -0.2) is 0 Å². The fourth-order valence-corrected chi connectivity index (χ4v) is 2.69. The summed E-state index contributed by atoms with van der Waals surface area (Å²) in [5.74, 6) is 0. The average molecular weight is 260 g/mol. The molecule has 2 aromatic heterocycles. The molecule has 0 bridgehead atoms. The minimum Gasteiger partial charge on any atom is -0.316 e. The summed E-state index contributed by atoms with van der Waals surface area (Å²) in [5.41, 5.74) is 3.88. The molecule has 18 heavy (non-hydrogen) atoms. The van der Waals surface area contributed by atoms with Crippen molar-refractivity contribution in [2.75, 3.05) is 7.05 Å². The maximum absolute atomic E-state index is 4.53. The molecule has 2 nitrogen and oxygen atoms in total. The third-order valence-electron chi connectivity index (χ3n) is 3.22. The SMILES string of the molecule is CCc1ccc(CC(Cc2ccsc2)NC)nc1. The predicted molar refractivity (Wildman–Crippen MR) is 78.2 cm³/mol. The van der Waals surface area contributed by atoms with Crippen molar-refractivity contribution in [3.63, 3.8) is 0 Å². The molecule has 1 N–H and O–H groups in total. The molecule has 2 rings (SSSR count). The van der Waals surface area contributed by atoms with Gasteiger partial charge in [0.25, 0.3) is 0 Å². The molecule has 0 aliphatic carbocycles. The first kappa shape index (κ1) is 13.2. The Kier molecular flexibility index (Phi) is 4.90. The Balaban J connectivity index is 1.96. The number of nitrogens with zero attached hydrogens (tertiary/aromatic N) is 1. The number of hydrogen-bond acceptors (Lipinski definition) is 3. The Morgan fingerprint density at radius 3 is 2.67 bits per heavy atom. The normalized spacial score (nSPS) is 12.6. The highest BCUT2D eigenvalue weighted by Crippen LogP contribution is 2.11. The van der Waals surface area contributed by atoms with Gasteiger partial charge in [-0.3, -0.25) is 4.98 Å². The van der Waals surface area contributed by atoms with Crippen molar-refractivity contribution in [3.8, 4) is 0 Å². The van der Waals surface area contributed by atoms with Crippen LogP contribution in [0.3, 0.4) is 0 Å². The first-order chi connectivity index (χ1) is 8.81. The van der Waals surface area contributed by atoms with Crippen LogP contribution in [0, 0.1) is 0 Å². The lowest BCUT2D eigenvalue weighted by Crippen LogP contribution is -2.30. The molecule has 0 aliphatic heterocycles. The molecular formula is C15H20N2S. The van der Waals surface area contributed by atoms with Crippen LogP contribution >= 0.6 is 11.3 Å². The minimum absolute atomic E-state index is 0.458. The molecule has 3 heteroatoms. The Hall–Kier alpha value is -1.19. The Morgan fingerprint density at radius 1 is 1.22 bits per heavy atom. The summed E-state index contributed by atoms with van der Waals surface area (Å²) in [6.45, 7) is 2.16. The first-order valence-electron chi connectivity index (χ1n) is 6.44. The minimum atomic E-state index is 0.458. The zero-order valence-electron chi connectivity index (χ0n) is 11.0. The molecule has 0 saturated carbocycles. The van der Waals surface area contributed by atoms with Crippen LogP contribution in [0.2, 0.25) is 0 Å². The van der Waals surface area contributed by atoms with Crippen molar-refractivity contribution in [2.24, 2.45) is 0 Å². The van der Waals surface area contributed by atoms with Crippen molar-refractivity contribution in [1.29, 1.82) is 0 Å². The molecule has 1 atom stereocenters. The van der Waals surface area contributed by atoms with E-state index in [9.17, 15) is 0 Å². The maximum Gasteiger partial charge on any atom is 0.0419 e. The summed E-state index contributed by atoms with van der Waals surface area (Å²) < 4.78 is 0. The lowest BCUT2D eigenvalue weighted by Gasteiger charge is -2.15. The van der Waals surface area contributed by atoms with Gasteiger partial charge in [-0.05, 0) is 53.9 Å². The molecule has 0 fully saturated rings. The highest BCUT2D eigenvalue weighted by atomic mass is 32.1. The summed E-state index contributed by atoms with van der Waals surface area (Å²) in [4.78, 5) is 4.53. The largest absolute Gasteiger partial charge is 0.316 e. The van der Waals surface area contributed by atoms with E-state index in [1.807, 2.05) is 13.2 Å². The van der Waals surface area contributed by atoms with Crippen molar-refractivity contribution in [3.05, 3.63) is 52.0 Å². The smallest absolute Gasteiger partial charge is 0.0419 e. The van der Waals surface area contributed by atoms with Crippen LogP contribution in [0.15, 0.2) is 35.2 Å². The van der Waals surface area contributed by atoms with Gasteiger partial charge in [0.05, 0.1) is 0 Å². The number of hydrogen-bond donors (Lipinski definition) is 1. The third kappa shape index (κ3) is 3.65. The first-order valence-corrected chi connectivity index (χ1v) is 7.38. The molecule has 0 spiro atoms. The van der Waals surface area contributed by atoms with E-state index in [1.165, 1.54) is 16.8 Å². The Labute approximate surface area is 113 Å². The second-order valence-electron chi connectivity index (χ2n) is 4.54. The van der Waals surface area contributed by atoms with Crippen LogP contribution in [0.5, 0.6) is 0 Å². The molecule has 2 aromatic rings. The number of rotatable bonds is 6. The number of nitrogens with one attached hydrogen (secondary N) is 1. The number of aryl methyl sites for hydroxylation is 1. The maximum atomic E-state index is 4.53. The molecule has 0 amide bonds. The predicted octanol–water partition coefficient (Wildman–Crippen LogP) is 3.08. The Morgan fingerprint density at radius 2 is 2.11 bits per heavy atom. The second-order valence-corrected chi connectivity index (χ2v) is 5.32. The van der Waals surface area contributed by atoms with Gasteiger partial charge in [-0.2, -0.15) is 11.3 Å². The average Bonchev–Trinajstić information content (AvgIpc) is 2.91. The lowest BCUT2D eigenvalue weighted by molar-refractivity contribution is 0.551. The van der Waals surface area contributed by atoms with Crippen LogP contribution < -0.4 is 5.32 Å². The van der Waals surface area contributed by atoms with Gasteiger partial charge in [-0.1, -0.05) is 13.0 Å². The highest BCUT2D eigenvalue weighted by Gasteiger charge is 2.09. The summed E-state index contributed by atoms with van der Waals surface area (Å²) in [6, 6.07) is 6.98.